The number of ether oxygens (including phenoxy) is 2. The highest BCUT2D eigenvalue weighted by Crippen LogP contribution is 2.08. The molecule has 0 aliphatic carbocycles. The second-order valence-corrected chi connectivity index (χ2v) is 5.07. The van der Waals surface area contributed by atoms with E-state index in [2.05, 4.69) is 10.6 Å². The van der Waals surface area contributed by atoms with Crippen molar-refractivity contribution in [3.05, 3.63) is 11.3 Å². The van der Waals surface area contributed by atoms with E-state index in [1.54, 1.807) is 13.8 Å². The number of carbonyl (C=O) groups excluding carboxylic acids is 2. The smallest absolute Gasteiger partial charge is 0.337 e. The van der Waals surface area contributed by atoms with Crippen LogP contribution in [-0.4, -0.2) is 36.8 Å². The molecule has 0 saturated heterocycles. The van der Waals surface area contributed by atoms with E-state index in [0.717, 1.165) is 25.0 Å². The maximum absolute atomic E-state index is 11.9. The third-order valence-corrected chi connectivity index (χ3v) is 3.24. The third kappa shape index (κ3) is 6.57. The fourth-order valence-electron chi connectivity index (χ4n) is 1.85. The van der Waals surface area contributed by atoms with Crippen LogP contribution in [0, 0.1) is 0 Å². The van der Waals surface area contributed by atoms with Gasteiger partial charge < -0.3 is 20.1 Å². The number of allylic oxidation sites excluding steroid dienone is 1. The normalized spacial score (nSPS) is 14.3. The lowest BCUT2D eigenvalue weighted by atomic mass is 10.2. The van der Waals surface area contributed by atoms with Gasteiger partial charge in [0.15, 0.2) is 5.11 Å². The fourth-order valence-corrected chi connectivity index (χ4v) is 2.08. The van der Waals surface area contributed by atoms with Gasteiger partial charge in [0, 0.05) is 12.1 Å². The minimum Gasteiger partial charge on any atom is -0.466 e. The molecule has 0 aromatic heterocycles. The number of thiocarbonyl (C=S) groups is 1. The van der Waals surface area contributed by atoms with Crippen molar-refractivity contribution in [1.82, 2.24) is 10.6 Å². The Balaban J connectivity index is 2.15. The van der Waals surface area contributed by atoms with Gasteiger partial charge in [-0.05, 0) is 45.3 Å². The summed E-state index contributed by atoms with van der Waals surface area (Å²) in [5.41, 5.74) is 1.29. The molecule has 118 valence electrons. The number of rotatable bonds is 8. The Morgan fingerprint density at radius 3 is 2.67 bits per heavy atom. The molecule has 21 heavy (non-hydrogen) atoms. The molecule has 6 nitrogen and oxygen atoms in total. The van der Waals surface area contributed by atoms with Crippen molar-refractivity contribution in [2.24, 2.45) is 0 Å². The van der Waals surface area contributed by atoms with E-state index in [1.165, 1.54) is 0 Å². The van der Waals surface area contributed by atoms with E-state index in [9.17, 15) is 9.59 Å². The molecule has 2 N–H and O–H groups in total. The predicted octanol–water partition coefficient (Wildman–Crippen LogP) is 1.40. The average Bonchev–Trinajstić information content (AvgIpc) is 2.42. The molecule has 0 aromatic rings. The summed E-state index contributed by atoms with van der Waals surface area (Å²) < 4.78 is 10.0. The van der Waals surface area contributed by atoms with Crippen LogP contribution in [0.25, 0.3) is 0 Å². The summed E-state index contributed by atoms with van der Waals surface area (Å²) in [6.07, 6.45) is 2.72. The van der Waals surface area contributed by atoms with Gasteiger partial charge in [0.25, 0.3) is 0 Å². The molecule has 1 aliphatic heterocycles. The van der Waals surface area contributed by atoms with E-state index < -0.39 is 0 Å². The Morgan fingerprint density at radius 1 is 1.24 bits per heavy atom. The van der Waals surface area contributed by atoms with Gasteiger partial charge in [0.05, 0.1) is 25.3 Å². The molecule has 7 heteroatoms. The molecule has 1 heterocycles. The highest BCUT2D eigenvalue weighted by molar-refractivity contribution is 7.80. The zero-order valence-electron chi connectivity index (χ0n) is 12.5. The van der Waals surface area contributed by atoms with Gasteiger partial charge >= 0.3 is 11.9 Å². The van der Waals surface area contributed by atoms with Crippen LogP contribution in [0.1, 0.15) is 39.5 Å². The number of carbonyl (C=O) groups is 2. The molecule has 0 spiro atoms. The van der Waals surface area contributed by atoms with Crippen LogP contribution in [0.5, 0.6) is 0 Å². The van der Waals surface area contributed by atoms with E-state index in [1.807, 2.05) is 0 Å². The summed E-state index contributed by atoms with van der Waals surface area (Å²) in [5.74, 6) is -0.508. The van der Waals surface area contributed by atoms with Crippen molar-refractivity contribution < 1.29 is 19.1 Å². The predicted molar refractivity (Wildman–Crippen MR) is 82.5 cm³/mol. The van der Waals surface area contributed by atoms with Gasteiger partial charge in [-0.3, -0.25) is 4.79 Å². The first-order chi connectivity index (χ1) is 10.0. The van der Waals surface area contributed by atoms with Crippen LogP contribution in [0.15, 0.2) is 11.3 Å². The summed E-state index contributed by atoms with van der Waals surface area (Å²) in [4.78, 5) is 23.0. The molecule has 0 amide bonds. The van der Waals surface area contributed by atoms with Crippen LogP contribution in [0.2, 0.25) is 0 Å². The number of hydrogen-bond donors (Lipinski definition) is 2. The van der Waals surface area contributed by atoms with Gasteiger partial charge in [0.1, 0.15) is 0 Å². The van der Waals surface area contributed by atoms with Gasteiger partial charge in [-0.25, -0.2) is 4.79 Å². The molecule has 0 bridgehead atoms. The fraction of sp³-hybridized carbons (Fsp3) is 0.643. The molecule has 0 fully saturated rings. The van der Waals surface area contributed by atoms with Gasteiger partial charge in [-0.15, -0.1) is 0 Å². The highest BCUT2D eigenvalue weighted by atomic mass is 32.1. The van der Waals surface area contributed by atoms with Crippen molar-refractivity contribution in [3.8, 4) is 0 Å². The van der Waals surface area contributed by atoms with E-state index in [4.69, 9.17) is 21.7 Å². The summed E-state index contributed by atoms with van der Waals surface area (Å²) in [6.45, 7) is 4.73. The molecule has 0 radical (unpaired) electrons. The summed E-state index contributed by atoms with van der Waals surface area (Å²) >= 11 is 4.95. The highest BCUT2D eigenvalue weighted by Gasteiger charge is 2.19. The minimum atomic E-state index is -0.333. The molecule has 0 unspecified atom stereocenters. The van der Waals surface area contributed by atoms with E-state index >= 15 is 0 Å². The maximum Gasteiger partial charge on any atom is 0.337 e. The van der Waals surface area contributed by atoms with Crippen LogP contribution < -0.4 is 10.6 Å². The van der Waals surface area contributed by atoms with Crippen molar-refractivity contribution in [2.45, 2.75) is 39.5 Å². The quantitative estimate of drug-likeness (QED) is 0.398. The van der Waals surface area contributed by atoms with E-state index in [0.29, 0.717) is 36.9 Å². The van der Waals surface area contributed by atoms with Gasteiger partial charge in [-0.2, -0.15) is 0 Å². The Hall–Kier alpha value is -1.63. The first-order valence-corrected chi connectivity index (χ1v) is 7.52. The molecular formula is C14H22N2O4S. The number of unbranched alkanes of at least 4 members (excludes halogenated alkanes) is 2. The number of esters is 2. The van der Waals surface area contributed by atoms with Gasteiger partial charge in [-0.1, -0.05) is 0 Å². The number of nitrogens with one attached hydrogen (secondary N) is 2. The molecule has 1 rings (SSSR count). The van der Waals surface area contributed by atoms with Crippen molar-refractivity contribution in [1.29, 1.82) is 0 Å². The monoisotopic (exact) mass is 314 g/mol. The second-order valence-electron chi connectivity index (χ2n) is 4.66. The second kappa shape index (κ2) is 9.33. The molecule has 0 saturated carbocycles. The van der Waals surface area contributed by atoms with Crippen molar-refractivity contribution in [3.63, 3.8) is 0 Å². The zero-order chi connectivity index (χ0) is 15.7. The first kappa shape index (κ1) is 17.4. The SMILES string of the molecule is CCOC(=O)CCCCCOC(=O)C1=C(C)NC(=S)NC1. The topological polar surface area (TPSA) is 76.7 Å². The summed E-state index contributed by atoms with van der Waals surface area (Å²) in [7, 11) is 0. The summed E-state index contributed by atoms with van der Waals surface area (Å²) in [5, 5.41) is 6.30. The molecule has 1 aliphatic rings. The van der Waals surface area contributed by atoms with Crippen molar-refractivity contribution in [2.75, 3.05) is 19.8 Å². The molecule has 0 atom stereocenters. The Bertz CT molecular complexity index is 435. The zero-order valence-corrected chi connectivity index (χ0v) is 13.3. The standard InChI is InChI=1S/C14H22N2O4S/c1-3-19-12(17)7-5-4-6-8-20-13(18)11-9-15-14(21)16-10(11)2/h3-9H2,1-2H3,(H2,15,16,21). The van der Waals surface area contributed by atoms with Crippen molar-refractivity contribution >= 4 is 29.3 Å². The Kier molecular flexibility index (Phi) is 7.74. The van der Waals surface area contributed by atoms with Gasteiger partial charge in [0.2, 0.25) is 0 Å². The lowest BCUT2D eigenvalue weighted by Gasteiger charge is -2.20. The Morgan fingerprint density at radius 2 is 2.00 bits per heavy atom. The van der Waals surface area contributed by atoms with Crippen LogP contribution in [0.4, 0.5) is 0 Å². The van der Waals surface area contributed by atoms with Crippen LogP contribution in [0.3, 0.4) is 0 Å². The largest absolute Gasteiger partial charge is 0.466 e. The molecule has 0 aromatic carbocycles. The van der Waals surface area contributed by atoms with Crippen LogP contribution >= 0.6 is 12.2 Å². The van der Waals surface area contributed by atoms with E-state index in [-0.39, 0.29) is 11.9 Å². The minimum absolute atomic E-state index is 0.175. The van der Waals surface area contributed by atoms with Crippen LogP contribution in [-0.2, 0) is 19.1 Å². The Labute approximate surface area is 130 Å². The number of hydrogen-bond acceptors (Lipinski definition) is 5. The third-order valence-electron chi connectivity index (χ3n) is 2.99. The lowest BCUT2D eigenvalue weighted by molar-refractivity contribution is -0.143. The maximum atomic E-state index is 11.9. The summed E-state index contributed by atoms with van der Waals surface area (Å²) in [6, 6.07) is 0. The molecular weight excluding hydrogens is 292 g/mol. The lowest BCUT2D eigenvalue weighted by Crippen LogP contribution is -2.42. The average molecular weight is 314 g/mol. The first-order valence-electron chi connectivity index (χ1n) is 7.12.